The third kappa shape index (κ3) is 2.02. The Morgan fingerprint density at radius 3 is 2.50 bits per heavy atom. The summed E-state index contributed by atoms with van der Waals surface area (Å²) in [6.07, 6.45) is 1.61. The fourth-order valence-corrected chi connectivity index (χ4v) is 2.02. The van der Waals surface area contributed by atoms with Crippen molar-refractivity contribution in [2.24, 2.45) is 0 Å². The summed E-state index contributed by atoms with van der Waals surface area (Å²) in [5.41, 5.74) is 9.08. The molecule has 1 aromatic heterocycles. The number of aromatic nitrogens is 1. The number of aryl methyl sites for hydroxylation is 2. The van der Waals surface area contributed by atoms with E-state index < -0.39 is 0 Å². The zero-order valence-electron chi connectivity index (χ0n) is 9.57. The molecule has 0 saturated carbocycles. The lowest BCUT2D eigenvalue weighted by Gasteiger charge is -2.11. The van der Waals surface area contributed by atoms with Crippen LogP contribution in [0.4, 0.5) is 5.00 Å². The van der Waals surface area contributed by atoms with Gasteiger partial charge in [-0.25, -0.2) is 4.98 Å². The van der Waals surface area contributed by atoms with Gasteiger partial charge in [-0.15, -0.1) is 0 Å². The number of benzene rings is 1. The molecule has 0 unspecified atom stereocenters. The molecule has 0 spiro atoms. The number of ether oxygens (including phenoxy) is 1. The van der Waals surface area contributed by atoms with Crippen molar-refractivity contribution in [1.29, 1.82) is 0 Å². The van der Waals surface area contributed by atoms with E-state index in [2.05, 4.69) is 31.0 Å². The Morgan fingerprint density at radius 1 is 1.19 bits per heavy atom. The first-order chi connectivity index (χ1) is 7.58. The minimum atomic E-state index is 0.592. The highest BCUT2D eigenvalue weighted by atomic mass is 32.1. The van der Waals surface area contributed by atoms with Crippen LogP contribution in [0.25, 0.3) is 0 Å². The van der Waals surface area contributed by atoms with E-state index in [4.69, 9.17) is 10.5 Å². The number of nitrogens with two attached hydrogens (primary N) is 1. The molecule has 0 saturated heterocycles. The van der Waals surface area contributed by atoms with Crippen LogP contribution in [0.5, 0.6) is 10.9 Å². The number of nitrogen functional groups attached to an aromatic ring is 1. The molecule has 0 aliphatic heterocycles. The zero-order valence-corrected chi connectivity index (χ0v) is 10.4. The van der Waals surface area contributed by atoms with Crippen LogP contribution in [-0.2, 0) is 0 Å². The van der Waals surface area contributed by atoms with E-state index in [-0.39, 0.29) is 0 Å². The van der Waals surface area contributed by atoms with Gasteiger partial charge < -0.3 is 10.5 Å². The summed E-state index contributed by atoms with van der Waals surface area (Å²) in [5, 5.41) is 1.26. The molecule has 0 bridgehead atoms. The number of nitrogens with zero attached hydrogens (tertiary/aromatic N) is 1. The van der Waals surface area contributed by atoms with Gasteiger partial charge in [-0.3, -0.25) is 0 Å². The first kappa shape index (κ1) is 11.0. The van der Waals surface area contributed by atoms with Crippen molar-refractivity contribution in [3.8, 4) is 10.9 Å². The van der Waals surface area contributed by atoms with Gasteiger partial charge in [0.25, 0.3) is 5.19 Å². The van der Waals surface area contributed by atoms with Gasteiger partial charge in [0, 0.05) is 0 Å². The third-order valence-corrected chi connectivity index (χ3v) is 3.27. The Bertz CT molecular complexity index is 520. The molecule has 0 aliphatic rings. The van der Waals surface area contributed by atoms with Crippen molar-refractivity contribution in [3.63, 3.8) is 0 Å². The lowest BCUT2D eigenvalue weighted by atomic mass is 10.1. The second kappa shape index (κ2) is 4.14. The first-order valence-electron chi connectivity index (χ1n) is 5.04. The molecular weight excluding hydrogens is 220 g/mol. The van der Waals surface area contributed by atoms with E-state index in [1.807, 2.05) is 6.92 Å². The summed E-state index contributed by atoms with van der Waals surface area (Å²) in [5.74, 6) is 0.884. The topological polar surface area (TPSA) is 48.1 Å². The molecule has 3 nitrogen and oxygen atoms in total. The van der Waals surface area contributed by atoms with Gasteiger partial charge in [0.15, 0.2) is 0 Å². The summed E-state index contributed by atoms with van der Waals surface area (Å²) >= 11 is 1.35. The second-order valence-electron chi connectivity index (χ2n) is 3.78. The summed E-state index contributed by atoms with van der Waals surface area (Å²) in [4.78, 5) is 4.09. The van der Waals surface area contributed by atoms with Crippen LogP contribution in [0.1, 0.15) is 16.7 Å². The highest BCUT2D eigenvalue weighted by molar-refractivity contribution is 7.17. The Morgan fingerprint density at radius 2 is 1.88 bits per heavy atom. The van der Waals surface area contributed by atoms with E-state index in [0.717, 1.165) is 16.9 Å². The van der Waals surface area contributed by atoms with Crippen LogP contribution >= 0.6 is 11.3 Å². The molecule has 0 amide bonds. The molecule has 0 aliphatic carbocycles. The van der Waals surface area contributed by atoms with E-state index in [1.165, 1.54) is 16.9 Å². The van der Waals surface area contributed by atoms with Gasteiger partial charge in [0.05, 0.1) is 6.20 Å². The Labute approximate surface area is 98.9 Å². The minimum Gasteiger partial charge on any atom is -0.430 e. The Kier molecular flexibility index (Phi) is 2.83. The highest BCUT2D eigenvalue weighted by Gasteiger charge is 2.09. The average molecular weight is 234 g/mol. The maximum absolute atomic E-state index is 5.77. The first-order valence-corrected chi connectivity index (χ1v) is 5.85. The standard InChI is InChI=1S/C12H14N2OS/c1-7-4-5-8(2)11(9(7)3)15-12-14-6-10(13)16-12/h4-6H,13H2,1-3H3. The molecule has 16 heavy (non-hydrogen) atoms. The predicted octanol–water partition coefficient (Wildman–Crippen LogP) is 3.44. The zero-order chi connectivity index (χ0) is 11.7. The molecule has 0 fully saturated rings. The maximum atomic E-state index is 5.77. The second-order valence-corrected chi connectivity index (χ2v) is 4.81. The molecule has 84 valence electrons. The van der Waals surface area contributed by atoms with Gasteiger partial charge in [0.1, 0.15) is 10.8 Å². The number of thiazole rings is 1. The molecule has 4 heteroatoms. The molecule has 0 atom stereocenters. The van der Waals surface area contributed by atoms with Gasteiger partial charge in [-0.05, 0) is 37.5 Å². The van der Waals surface area contributed by atoms with Crippen LogP contribution in [0, 0.1) is 20.8 Å². The fraction of sp³-hybridized carbons (Fsp3) is 0.250. The molecule has 2 N–H and O–H groups in total. The minimum absolute atomic E-state index is 0.592. The molecule has 2 aromatic rings. The SMILES string of the molecule is Cc1ccc(C)c(Oc2ncc(N)s2)c1C. The Hall–Kier alpha value is -1.55. The lowest BCUT2D eigenvalue weighted by Crippen LogP contribution is -1.92. The predicted molar refractivity (Wildman–Crippen MR) is 67.3 cm³/mol. The van der Waals surface area contributed by atoms with Crippen LogP contribution in [-0.4, -0.2) is 4.98 Å². The van der Waals surface area contributed by atoms with Gasteiger partial charge in [-0.1, -0.05) is 23.5 Å². The number of hydrogen-bond donors (Lipinski definition) is 1. The highest BCUT2D eigenvalue weighted by Crippen LogP contribution is 2.33. The summed E-state index contributed by atoms with van der Waals surface area (Å²) < 4.78 is 5.77. The monoisotopic (exact) mass is 234 g/mol. The molecular formula is C12H14N2OS. The number of rotatable bonds is 2. The van der Waals surface area contributed by atoms with Crippen LogP contribution in [0.3, 0.4) is 0 Å². The number of hydrogen-bond acceptors (Lipinski definition) is 4. The summed E-state index contributed by atoms with van der Waals surface area (Å²) in [6.45, 7) is 6.14. The van der Waals surface area contributed by atoms with Crippen molar-refractivity contribution < 1.29 is 4.74 Å². The number of anilines is 1. The van der Waals surface area contributed by atoms with Crippen molar-refractivity contribution in [3.05, 3.63) is 35.0 Å². The van der Waals surface area contributed by atoms with Crippen molar-refractivity contribution in [2.45, 2.75) is 20.8 Å². The maximum Gasteiger partial charge on any atom is 0.280 e. The van der Waals surface area contributed by atoms with E-state index in [1.54, 1.807) is 6.20 Å². The normalized spacial score (nSPS) is 10.4. The van der Waals surface area contributed by atoms with E-state index in [9.17, 15) is 0 Å². The van der Waals surface area contributed by atoms with E-state index >= 15 is 0 Å². The van der Waals surface area contributed by atoms with Gasteiger partial charge in [-0.2, -0.15) is 0 Å². The fourth-order valence-electron chi connectivity index (χ4n) is 1.49. The molecule has 1 heterocycles. The third-order valence-electron chi connectivity index (χ3n) is 2.57. The van der Waals surface area contributed by atoms with Crippen LogP contribution in [0.2, 0.25) is 0 Å². The van der Waals surface area contributed by atoms with Crippen molar-refractivity contribution in [2.75, 3.05) is 5.73 Å². The molecule has 1 aromatic carbocycles. The summed E-state index contributed by atoms with van der Waals surface area (Å²) in [7, 11) is 0. The lowest BCUT2D eigenvalue weighted by molar-refractivity contribution is 0.471. The molecule has 0 radical (unpaired) electrons. The van der Waals surface area contributed by atoms with E-state index in [0.29, 0.717) is 10.2 Å². The quantitative estimate of drug-likeness (QED) is 0.865. The van der Waals surface area contributed by atoms with Gasteiger partial charge in [0.2, 0.25) is 0 Å². The van der Waals surface area contributed by atoms with Crippen LogP contribution < -0.4 is 10.5 Å². The largest absolute Gasteiger partial charge is 0.430 e. The molecule has 2 rings (SSSR count). The van der Waals surface area contributed by atoms with Crippen molar-refractivity contribution >= 4 is 16.3 Å². The summed E-state index contributed by atoms with van der Waals surface area (Å²) in [6, 6.07) is 4.14. The van der Waals surface area contributed by atoms with Crippen molar-refractivity contribution in [1.82, 2.24) is 4.98 Å². The van der Waals surface area contributed by atoms with Gasteiger partial charge >= 0.3 is 0 Å². The van der Waals surface area contributed by atoms with Crippen LogP contribution in [0.15, 0.2) is 18.3 Å². The average Bonchev–Trinajstić information content (AvgIpc) is 2.65. The Balaban J connectivity index is 2.37. The smallest absolute Gasteiger partial charge is 0.280 e.